The van der Waals surface area contributed by atoms with Crippen molar-refractivity contribution in [3.05, 3.63) is 59.9 Å². The van der Waals surface area contributed by atoms with Gasteiger partial charge in [0.25, 0.3) is 15.9 Å². The number of anilines is 2. The van der Waals surface area contributed by atoms with Crippen molar-refractivity contribution in [2.24, 2.45) is 11.8 Å². The number of nitrogens with one attached hydrogen (secondary N) is 1. The highest BCUT2D eigenvalue weighted by molar-refractivity contribution is 7.90. The first kappa shape index (κ1) is 29.3. The fraction of sp³-hybridized carbons (Fsp3) is 0.393. The zero-order chi connectivity index (χ0) is 29.4. The first-order valence-electron chi connectivity index (χ1n) is 13.2. The van der Waals surface area contributed by atoms with E-state index in [9.17, 15) is 17.6 Å². The molecule has 1 unspecified atom stereocenters. The summed E-state index contributed by atoms with van der Waals surface area (Å²) < 4.78 is 48.4. The second-order valence-corrected chi connectivity index (χ2v) is 13.0. The summed E-state index contributed by atoms with van der Waals surface area (Å²) in [5.41, 5.74) is 6.22. The van der Waals surface area contributed by atoms with Crippen molar-refractivity contribution in [3.8, 4) is 17.0 Å². The number of aromatic nitrogens is 2. The fourth-order valence-corrected chi connectivity index (χ4v) is 6.12. The number of hydrogen-bond acceptors (Lipinski definition) is 8. The van der Waals surface area contributed by atoms with Gasteiger partial charge in [-0.3, -0.25) is 4.79 Å². The van der Waals surface area contributed by atoms with Gasteiger partial charge in [-0.25, -0.2) is 19.1 Å². The highest BCUT2D eigenvalue weighted by Crippen LogP contribution is 2.41. The van der Waals surface area contributed by atoms with E-state index in [1.54, 1.807) is 12.1 Å². The molecule has 0 radical (unpaired) electrons. The summed E-state index contributed by atoms with van der Waals surface area (Å²) in [5.74, 6) is -0.119. The van der Waals surface area contributed by atoms with E-state index in [1.807, 2.05) is 26.6 Å². The number of sulfonamides is 1. The Morgan fingerprint density at radius 2 is 1.95 bits per heavy atom. The molecule has 9 nitrogen and oxygen atoms in total. The Bertz CT molecular complexity index is 1530. The van der Waals surface area contributed by atoms with Crippen LogP contribution in [0.25, 0.3) is 11.3 Å². The first-order valence-corrected chi connectivity index (χ1v) is 14.7. The summed E-state index contributed by atoms with van der Waals surface area (Å²) in [6, 6.07) is 11.6. The average molecular weight is 567 g/mol. The van der Waals surface area contributed by atoms with Crippen LogP contribution in [0.15, 0.2) is 53.6 Å². The van der Waals surface area contributed by atoms with Gasteiger partial charge in [0.1, 0.15) is 31.0 Å². The van der Waals surface area contributed by atoms with Crippen molar-refractivity contribution >= 4 is 35.4 Å². The van der Waals surface area contributed by atoms with Gasteiger partial charge in [-0.15, -0.1) is 0 Å². The van der Waals surface area contributed by atoms with Crippen molar-refractivity contribution in [1.29, 1.82) is 0 Å². The van der Waals surface area contributed by atoms with Crippen LogP contribution in [-0.4, -0.2) is 50.2 Å². The molecule has 4 rings (SSSR count). The van der Waals surface area contributed by atoms with Crippen LogP contribution >= 0.6 is 0 Å². The molecule has 0 spiro atoms. The maximum Gasteiger partial charge on any atom is 0.281 e. The van der Waals surface area contributed by atoms with Gasteiger partial charge in [-0.2, -0.15) is 8.42 Å². The second-order valence-electron chi connectivity index (χ2n) is 11.4. The van der Waals surface area contributed by atoms with Gasteiger partial charge < -0.3 is 15.4 Å². The monoisotopic (exact) mass is 567 g/mol. The highest BCUT2D eigenvalue weighted by Gasteiger charge is 2.44. The Hall–Kier alpha value is -3.67. The number of pyridine rings is 2. The summed E-state index contributed by atoms with van der Waals surface area (Å²) >= 11 is 0. The standard InChI is InChI=1S/C28H35BFN5O4S/c1-16(2)15-39-20-12-18(11-19(30)13-20)22-10-9-21(26(32-22)35-25(29)17(3)14-28(35,4)5)27(36)34-40(37,38)24-8-6-7-23(31)33-24/h6-13,16-17,25H,14-15,29H2,1-5H3,(H2,31,33)(H,34,36)/t17-,25?/m0/s1. The van der Waals surface area contributed by atoms with Crippen LogP contribution in [0.3, 0.4) is 0 Å². The largest absolute Gasteiger partial charge is 0.493 e. The average Bonchev–Trinajstić information content (AvgIpc) is 3.07. The molecule has 12 heteroatoms. The van der Waals surface area contributed by atoms with E-state index < -0.39 is 21.7 Å². The zero-order valence-corrected chi connectivity index (χ0v) is 24.4. The Kier molecular flexibility index (Phi) is 8.12. The lowest BCUT2D eigenvalue weighted by Crippen LogP contribution is -2.46. The number of nitrogens with two attached hydrogens (primary N) is 1. The molecule has 1 aliphatic heterocycles. The lowest BCUT2D eigenvalue weighted by molar-refractivity contribution is 0.0981. The number of ether oxygens (including phenoxy) is 1. The van der Waals surface area contributed by atoms with Gasteiger partial charge >= 0.3 is 0 Å². The Labute approximate surface area is 235 Å². The molecule has 1 aromatic carbocycles. The smallest absolute Gasteiger partial charge is 0.281 e. The minimum atomic E-state index is -4.31. The quantitative estimate of drug-likeness (QED) is 0.396. The Morgan fingerprint density at radius 3 is 2.58 bits per heavy atom. The molecule has 0 saturated carbocycles. The van der Waals surface area contributed by atoms with Crippen molar-refractivity contribution < 1.29 is 22.3 Å². The van der Waals surface area contributed by atoms with Crippen molar-refractivity contribution in [1.82, 2.24) is 14.7 Å². The van der Waals surface area contributed by atoms with Gasteiger partial charge in [0.15, 0.2) is 5.03 Å². The number of halogens is 1. The van der Waals surface area contributed by atoms with Crippen LogP contribution in [0.5, 0.6) is 5.75 Å². The second kappa shape index (κ2) is 11.1. The SMILES string of the molecule is BC1[C@@H](C)CC(C)(C)N1c1nc(-c2cc(F)cc(OCC(C)C)c2)ccc1C(=O)NS(=O)(=O)c1cccc(N)n1. The molecule has 3 N–H and O–H groups in total. The van der Waals surface area contributed by atoms with Crippen LogP contribution in [0.2, 0.25) is 0 Å². The molecule has 1 amide bonds. The molecule has 1 saturated heterocycles. The number of nitrogens with zero attached hydrogens (tertiary/aromatic N) is 3. The lowest BCUT2D eigenvalue weighted by Gasteiger charge is -2.37. The zero-order valence-electron chi connectivity index (χ0n) is 23.6. The highest BCUT2D eigenvalue weighted by atomic mass is 32.2. The van der Waals surface area contributed by atoms with E-state index in [-0.39, 0.29) is 39.7 Å². The molecule has 1 fully saturated rings. The van der Waals surface area contributed by atoms with E-state index in [0.717, 1.165) is 6.42 Å². The Morgan fingerprint density at radius 1 is 1.23 bits per heavy atom. The molecule has 3 aromatic rings. The molecule has 2 atom stereocenters. The molecule has 212 valence electrons. The van der Waals surface area contributed by atoms with E-state index in [1.165, 1.54) is 36.4 Å². The molecular formula is C28H35BFN5O4S. The number of rotatable bonds is 8. The van der Waals surface area contributed by atoms with Gasteiger partial charge in [-0.05, 0) is 68.5 Å². The predicted octanol–water partition coefficient (Wildman–Crippen LogP) is 3.60. The maximum absolute atomic E-state index is 14.6. The van der Waals surface area contributed by atoms with Crippen molar-refractivity contribution in [2.45, 2.75) is 57.5 Å². The van der Waals surface area contributed by atoms with Crippen molar-refractivity contribution in [2.75, 3.05) is 17.2 Å². The molecule has 0 aliphatic carbocycles. The molecular weight excluding hydrogens is 532 g/mol. The van der Waals surface area contributed by atoms with E-state index in [2.05, 4.69) is 30.5 Å². The summed E-state index contributed by atoms with van der Waals surface area (Å²) in [4.78, 5) is 24.2. The topological polar surface area (TPSA) is 128 Å². The van der Waals surface area contributed by atoms with Gasteiger partial charge in [0.05, 0.1) is 17.9 Å². The minimum Gasteiger partial charge on any atom is -0.493 e. The number of nitrogen functional groups attached to an aromatic ring is 1. The molecule has 1 aliphatic rings. The lowest BCUT2D eigenvalue weighted by atomic mass is 9.85. The summed E-state index contributed by atoms with van der Waals surface area (Å²) in [6.45, 7) is 10.7. The molecule has 3 heterocycles. The van der Waals surface area contributed by atoms with Gasteiger partial charge in [-0.1, -0.05) is 26.8 Å². The third-order valence-corrected chi connectivity index (χ3v) is 8.28. The van der Waals surface area contributed by atoms with Crippen LogP contribution in [-0.2, 0) is 10.0 Å². The normalized spacial score (nSPS) is 18.6. The van der Waals surface area contributed by atoms with E-state index in [0.29, 0.717) is 29.4 Å². The van der Waals surface area contributed by atoms with E-state index in [4.69, 9.17) is 15.5 Å². The third kappa shape index (κ3) is 6.22. The fourth-order valence-electron chi connectivity index (χ4n) is 5.18. The number of hydrogen-bond donors (Lipinski definition) is 2. The third-order valence-electron chi connectivity index (χ3n) is 7.05. The minimum absolute atomic E-state index is 0.00561. The van der Waals surface area contributed by atoms with Crippen molar-refractivity contribution in [3.63, 3.8) is 0 Å². The molecule has 0 bridgehead atoms. The molecule has 40 heavy (non-hydrogen) atoms. The maximum atomic E-state index is 14.6. The summed E-state index contributed by atoms with van der Waals surface area (Å²) in [5, 5.41) is -0.371. The molecule has 2 aromatic heterocycles. The predicted molar refractivity (Wildman–Crippen MR) is 156 cm³/mol. The summed E-state index contributed by atoms with van der Waals surface area (Å²) in [6.07, 6.45) is 0.833. The number of carbonyl (C=O) groups excluding carboxylic acids is 1. The van der Waals surface area contributed by atoms with Crippen LogP contribution in [0.1, 0.15) is 51.4 Å². The van der Waals surface area contributed by atoms with Crippen LogP contribution < -0.4 is 20.1 Å². The number of carbonyl (C=O) groups is 1. The van der Waals surface area contributed by atoms with Gasteiger partial charge in [0.2, 0.25) is 0 Å². The van der Waals surface area contributed by atoms with Gasteiger partial charge in [0, 0.05) is 23.1 Å². The van der Waals surface area contributed by atoms with E-state index >= 15 is 0 Å². The van der Waals surface area contributed by atoms with Crippen LogP contribution in [0, 0.1) is 17.7 Å². The summed E-state index contributed by atoms with van der Waals surface area (Å²) in [7, 11) is -2.27. The number of benzene rings is 1. The first-order chi connectivity index (χ1) is 18.7. The Balaban J connectivity index is 1.80. The van der Waals surface area contributed by atoms with Crippen LogP contribution in [0.4, 0.5) is 16.0 Å². The number of amides is 1.